The molecule has 0 fully saturated rings. The van der Waals surface area contributed by atoms with Crippen molar-refractivity contribution in [2.24, 2.45) is 5.10 Å². The van der Waals surface area contributed by atoms with E-state index in [0.29, 0.717) is 22.5 Å². The van der Waals surface area contributed by atoms with Crippen LogP contribution < -0.4 is 9.91 Å². The zero-order valence-electron chi connectivity index (χ0n) is 18.0. The second-order valence-corrected chi connectivity index (χ2v) is 8.31. The Hall–Kier alpha value is -3.21. The summed E-state index contributed by atoms with van der Waals surface area (Å²) in [5.41, 5.74) is 4.86. The van der Waals surface area contributed by atoms with Gasteiger partial charge in [-0.1, -0.05) is 24.3 Å². The zero-order chi connectivity index (χ0) is 21.6. The number of halogens is 1. The third kappa shape index (κ3) is 3.24. The Kier molecular flexibility index (Phi) is 4.85. The first kappa shape index (κ1) is 20.1. The molecule has 2 aliphatic rings. The largest absolute Gasteiger partial charge is 0.363 e. The van der Waals surface area contributed by atoms with E-state index in [9.17, 15) is 4.79 Å². The number of likely N-dealkylation sites (N-methyl/N-ethyl adjacent to an activating group) is 1. The van der Waals surface area contributed by atoms with Crippen molar-refractivity contribution in [2.45, 2.75) is 40.2 Å². The summed E-state index contributed by atoms with van der Waals surface area (Å²) in [6.07, 6.45) is 3.82. The number of rotatable bonds is 3. The molecule has 5 heteroatoms. The van der Waals surface area contributed by atoms with Crippen molar-refractivity contribution < 1.29 is 9.18 Å². The average Bonchev–Trinajstić information content (AvgIpc) is 2.97. The minimum absolute atomic E-state index is 0.181. The molecule has 154 valence electrons. The van der Waals surface area contributed by atoms with Crippen LogP contribution in [0.4, 0.5) is 15.8 Å². The van der Waals surface area contributed by atoms with E-state index in [1.807, 2.05) is 43.3 Å². The van der Waals surface area contributed by atoms with Crippen LogP contribution in [0.5, 0.6) is 0 Å². The molecule has 0 saturated heterocycles. The molecule has 2 heterocycles. The molecule has 2 aromatic rings. The highest BCUT2D eigenvalue weighted by Gasteiger charge is 2.32. The van der Waals surface area contributed by atoms with Crippen LogP contribution in [-0.2, 0) is 4.79 Å². The van der Waals surface area contributed by atoms with Crippen LogP contribution in [0.1, 0.15) is 45.7 Å². The van der Waals surface area contributed by atoms with Gasteiger partial charge in [-0.2, -0.15) is 10.1 Å². The first-order chi connectivity index (χ1) is 14.2. The monoisotopic (exact) mass is 403 g/mol. The number of hydrazone groups is 1. The summed E-state index contributed by atoms with van der Waals surface area (Å²) in [7, 11) is 0. The molecule has 2 aliphatic heterocycles. The van der Waals surface area contributed by atoms with Gasteiger partial charge in [0.15, 0.2) is 0 Å². The van der Waals surface area contributed by atoms with Crippen LogP contribution in [0.15, 0.2) is 59.2 Å². The lowest BCUT2D eigenvalue weighted by molar-refractivity contribution is -0.114. The first-order valence-corrected chi connectivity index (χ1v) is 10.2. The van der Waals surface area contributed by atoms with Crippen LogP contribution in [0, 0.1) is 5.82 Å². The molecule has 0 aromatic heterocycles. The highest BCUT2D eigenvalue weighted by molar-refractivity contribution is 6.32. The summed E-state index contributed by atoms with van der Waals surface area (Å²) >= 11 is 0. The fourth-order valence-corrected chi connectivity index (χ4v) is 4.39. The second-order valence-electron chi connectivity index (χ2n) is 8.31. The summed E-state index contributed by atoms with van der Waals surface area (Å²) in [5, 5.41) is 5.75. The van der Waals surface area contributed by atoms with Crippen LogP contribution >= 0.6 is 0 Å². The van der Waals surface area contributed by atoms with Crippen molar-refractivity contribution in [1.29, 1.82) is 0 Å². The fourth-order valence-electron chi connectivity index (χ4n) is 4.39. The number of benzene rings is 2. The Morgan fingerprint density at radius 2 is 1.83 bits per heavy atom. The number of amides is 1. The van der Waals surface area contributed by atoms with E-state index in [-0.39, 0.29) is 17.3 Å². The normalized spacial score (nSPS) is 19.1. The van der Waals surface area contributed by atoms with Crippen LogP contribution in [-0.4, -0.2) is 23.7 Å². The third-order valence-corrected chi connectivity index (χ3v) is 5.78. The maximum Gasteiger partial charge on any atom is 0.280 e. The van der Waals surface area contributed by atoms with Crippen molar-refractivity contribution in [2.75, 3.05) is 16.5 Å². The minimum atomic E-state index is -0.344. The molecule has 0 aliphatic carbocycles. The number of carbonyl (C=O) groups is 1. The molecule has 0 radical (unpaired) electrons. The molecular formula is C25H26FN3O. The number of anilines is 2. The van der Waals surface area contributed by atoms with E-state index in [1.165, 1.54) is 5.01 Å². The van der Waals surface area contributed by atoms with E-state index in [2.05, 4.69) is 36.8 Å². The zero-order valence-corrected chi connectivity index (χ0v) is 18.0. The second kappa shape index (κ2) is 7.24. The first-order valence-electron chi connectivity index (χ1n) is 10.2. The molecule has 0 N–H and O–H groups in total. The van der Waals surface area contributed by atoms with Gasteiger partial charge in [-0.25, -0.2) is 4.39 Å². The molecule has 0 atom stereocenters. The molecule has 0 unspecified atom stereocenters. The number of hydrogen-bond acceptors (Lipinski definition) is 3. The Balaban J connectivity index is 1.76. The average molecular weight is 404 g/mol. The van der Waals surface area contributed by atoms with Gasteiger partial charge in [0.25, 0.3) is 5.91 Å². The van der Waals surface area contributed by atoms with Gasteiger partial charge in [0, 0.05) is 23.4 Å². The smallest absolute Gasteiger partial charge is 0.280 e. The maximum atomic E-state index is 15.1. The lowest BCUT2D eigenvalue weighted by atomic mass is 9.87. The molecule has 0 spiro atoms. The Morgan fingerprint density at radius 3 is 2.50 bits per heavy atom. The quantitative estimate of drug-likeness (QED) is 0.621. The predicted octanol–water partition coefficient (Wildman–Crippen LogP) is 5.65. The summed E-state index contributed by atoms with van der Waals surface area (Å²) in [5.74, 6) is -0.594. The Morgan fingerprint density at radius 1 is 1.13 bits per heavy atom. The number of hydrogen-bond donors (Lipinski definition) is 0. The van der Waals surface area contributed by atoms with Gasteiger partial charge < -0.3 is 4.90 Å². The van der Waals surface area contributed by atoms with Crippen LogP contribution in [0.2, 0.25) is 0 Å². The Labute approximate surface area is 177 Å². The van der Waals surface area contributed by atoms with Crippen LogP contribution in [0.25, 0.3) is 11.6 Å². The van der Waals surface area contributed by atoms with Crippen LogP contribution in [0.3, 0.4) is 0 Å². The van der Waals surface area contributed by atoms with E-state index in [1.54, 1.807) is 19.1 Å². The summed E-state index contributed by atoms with van der Waals surface area (Å²) in [6, 6.07) is 12.7. The number of fused-ring (bicyclic) bond motifs is 1. The fraction of sp³-hybridized carbons (Fsp3) is 0.280. The molecule has 0 bridgehead atoms. The van der Waals surface area contributed by atoms with Gasteiger partial charge in [-0.05, 0) is 70.5 Å². The van der Waals surface area contributed by atoms with Gasteiger partial charge in [0.1, 0.15) is 5.82 Å². The highest BCUT2D eigenvalue weighted by atomic mass is 19.1. The lowest BCUT2D eigenvalue weighted by Gasteiger charge is -2.43. The highest BCUT2D eigenvalue weighted by Crippen LogP contribution is 2.40. The van der Waals surface area contributed by atoms with Crippen molar-refractivity contribution in [3.8, 4) is 0 Å². The summed E-state index contributed by atoms with van der Waals surface area (Å²) in [6.45, 7) is 10.9. The van der Waals surface area contributed by atoms with E-state index >= 15 is 4.39 Å². The van der Waals surface area contributed by atoms with E-state index in [4.69, 9.17) is 0 Å². The third-order valence-electron chi connectivity index (χ3n) is 5.78. The van der Waals surface area contributed by atoms with Crippen molar-refractivity contribution >= 4 is 34.6 Å². The molecule has 2 aromatic carbocycles. The SMILES string of the molecule is CCN1c2cc(F)c(/C=C3\C(=O)N(c4ccccc4)N=C3C)cc2C(C)=CC1(C)C. The minimum Gasteiger partial charge on any atom is -0.363 e. The summed E-state index contributed by atoms with van der Waals surface area (Å²) in [4.78, 5) is 15.2. The number of para-hydroxylation sites is 1. The molecule has 30 heavy (non-hydrogen) atoms. The molecule has 0 saturated carbocycles. The number of allylic oxidation sites excluding steroid dienone is 1. The lowest BCUT2D eigenvalue weighted by Crippen LogP contribution is -2.45. The van der Waals surface area contributed by atoms with Gasteiger partial charge >= 0.3 is 0 Å². The number of nitrogens with zero attached hydrogens (tertiary/aromatic N) is 3. The van der Waals surface area contributed by atoms with E-state index < -0.39 is 0 Å². The van der Waals surface area contributed by atoms with E-state index in [0.717, 1.165) is 23.4 Å². The standard InChI is InChI=1S/C25H26FN3O/c1-6-28-23-14-22(26)18(12-20(23)16(2)15-25(28,4)5)13-21-17(3)27-29(24(21)30)19-10-8-7-9-11-19/h7-15H,6H2,1-5H3/b21-13-. The van der Waals surface area contributed by atoms with Gasteiger partial charge in [0.2, 0.25) is 0 Å². The molecular weight excluding hydrogens is 377 g/mol. The molecule has 4 nitrogen and oxygen atoms in total. The van der Waals surface area contributed by atoms with Crippen molar-refractivity contribution in [3.05, 3.63) is 71.1 Å². The van der Waals surface area contributed by atoms with Crippen molar-refractivity contribution in [1.82, 2.24) is 0 Å². The Bertz CT molecular complexity index is 1110. The molecule has 1 amide bonds. The predicted molar refractivity (Wildman–Crippen MR) is 122 cm³/mol. The topological polar surface area (TPSA) is 35.9 Å². The summed E-state index contributed by atoms with van der Waals surface area (Å²) < 4.78 is 15.1. The van der Waals surface area contributed by atoms with Crippen molar-refractivity contribution in [3.63, 3.8) is 0 Å². The number of carbonyl (C=O) groups excluding carboxylic acids is 1. The molecule has 4 rings (SSSR count). The van der Waals surface area contributed by atoms with Gasteiger partial charge in [-0.3, -0.25) is 4.79 Å². The maximum absolute atomic E-state index is 15.1. The van der Waals surface area contributed by atoms with Gasteiger partial charge in [0.05, 0.1) is 22.5 Å². The van der Waals surface area contributed by atoms with Gasteiger partial charge in [-0.15, -0.1) is 0 Å².